The molecule has 0 aromatic carbocycles. The van der Waals surface area contributed by atoms with Crippen LogP contribution in [0.1, 0.15) is 54.4 Å². The van der Waals surface area contributed by atoms with Crippen molar-refractivity contribution >= 4 is 23.8 Å². The average Bonchev–Trinajstić information content (AvgIpc) is 2.83. The zero-order valence-electron chi connectivity index (χ0n) is 23.0. The fourth-order valence-corrected chi connectivity index (χ4v) is 4.21. The van der Waals surface area contributed by atoms with Gasteiger partial charge in [-0.15, -0.1) is 0 Å². The molecule has 0 spiro atoms. The molecule has 1 heterocycles. The van der Waals surface area contributed by atoms with Gasteiger partial charge in [0.15, 0.2) is 0 Å². The number of hydrogen-bond acceptors (Lipinski definition) is 8. The van der Waals surface area contributed by atoms with E-state index in [0.29, 0.717) is 78.7 Å². The Morgan fingerprint density at radius 1 is 0.611 bits per heavy atom. The maximum Gasteiger partial charge on any atom is 0.308 e. The summed E-state index contributed by atoms with van der Waals surface area (Å²) in [5.74, 6) is -2.03. The Hall–Kier alpha value is -2.20. The first kappa shape index (κ1) is 31.8. The first-order chi connectivity index (χ1) is 17.1. The molecule has 10 heteroatoms. The number of carbonyl (C=O) groups excluding carboxylic acids is 4. The van der Waals surface area contributed by atoms with Crippen LogP contribution >= 0.6 is 0 Å². The lowest BCUT2D eigenvalue weighted by Gasteiger charge is -2.29. The van der Waals surface area contributed by atoms with Crippen LogP contribution in [-0.4, -0.2) is 99.4 Å². The van der Waals surface area contributed by atoms with E-state index in [0.717, 1.165) is 0 Å². The van der Waals surface area contributed by atoms with Crippen LogP contribution < -0.4 is 0 Å². The zero-order chi connectivity index (χ0) is 27.1. The van der Waals surface area contributed by atoms with Crippen molar-refractivity contribution in [2.45, 2.75) is 54.4 Å². The Morgan fingerprint density at radius 2 is 0.917 bits per heavy atom. The van der Waals surface area contributed by atoms with Gasteiger partial charge in [-0.3, -0.25) is 19.2 Å². The fraction of sp³-hybridized carbons (Fsp3) is 0.846. The molecule has 1 saturated heterocycles. The summed E-state index contributed by atoms with van der Waals surface area (Å²) in [6.07, 6.45) is 0.833. The molecule has 0 unspecified atom stereocenters. The largest absolute Gasteiger partial charge is 0.466 e. The topological polar surface area (TPSA) is 112 Å². The molecular formula is C26H46N2O8. The summed E-state index contributed by atoms with van der Waals surface area (Å²) >= 11 is 0. The van der Waals surface area contributed by atoms with Gasteiger partial charge in [0.25, 0.3) is 0 Å². The lowest BCUT2D eigenvalue weighted by atomic mass is 9.96. The summed E-state index contributed by atoms with van der Waals surface area (Å²) in [6, 6.07) is 0. The molecule has 0 radical (unpaired) electrons. The Bertz CT molecular complexity index is 631. The van der Waals surface area contributed by atoms with Gasteiger partial charge in [-0.05, 0) is 26.7 Å². The average molecular weight is 515 g/mol. The summed E-state index contributed by atoms with van der Waals surface area (Å²) in [4.78, 5) is 53.3. The van der Waals surface area contributed by atoms with Crippen molar-refractivity contribution < 1.29 is 38.1 Å². The molecule has 36 heavy (non-hydrogen) atoms. The van der Waals surface area contributed by atoms with Crippen molar-refractivity contribution in [3.05, 3.63) is 0 Å². The summed E-state index contributed by atoms with van der Waals surface area (Å²) < 4.78 is 21.6. The molecule has 0 aromatic rings. The van der Waals surface area contributed by atoms with Gasteiger partial charge in [-0.1, -0.05) is 27.7 Å². The molecule has 10 nitrogen and oxygen atoms in total. The van der Waals surface area contributed by atoms with Gasteiger partial charge >= 0.3 is 11.9 Å². The maximum atomic E-state index is 13.0. The molecule has 0 aromatic heterocycles. The highest BCUT2D eigenvalue weighted by Crippen LogP contribution is 2.18. The SMILES string of the molecule is CCOC(=O)[C@H](C)C[C@H](C)C(=O)N1CCOCCN(C(=O)[C@H](C)C[C@H](C)C(=O)OCC)CCOCC1. The highest BCUT2D eigenvalue weighted by molar-refractivity contribution is 5.80. The van der Waals surface area contributed by atoms with Crippen LogP contribution in [0, 0.1) is 23.7 Å². The van der Waals surface area contributed by atoms with Crippen LogP contribution in [0.4, 0.5) is 0 Å². The quantitative estimate of drug-likeness (QED) is 0.408. The third-order valence-electron chi connectivity index (χ3n) is 6.28. The fourth-order valence-electron chi connectivity index (χ4n) is 4.21. The third-order valence-corrected chi connectivity index (χ3v) is 6.28. The number of ether oxygens (including phenoxy) is 4. The highest BCUT2D eigenvalue weighted by atomic mass is 16.5. The van der Waals surface area contributed by atoms with Gasteiger partial charge in [0.2, 0.25) is 11.8 Å². The zero-order valence-corrected chi connectivity index (χ0v) is 23.0. The van der Waals surface area contributed by atoms with Crippen LogP contribution in [0.3, 0.4) is 0 Å². The monoisotopic (exact) mass is 514 g/mol. The second-order valence-electron chi connectivity index (χ2n) is 9.46. The smallest absolute Gasteiger partial charge is 0.308 e. The normalized spacial score (nSPS) is 19.2. The van der Waals surface area contributed by atoms with Gasteiger partial charge < -0.3 is 28.7 Å². The third kappa shape index (κ3) is 11.2. The summed E-state index contributed by atoms with van der Waals surface area (Å²) in [5.41, 5.74) is 0. The molecule has 1 fully saturated rings. The van der Waals surface area contributed by atoms with Crippen LogP contribution in [-0.2, 0) is 38.1 Å². The second-order valence-corrected chi connectivity index (χ2v) is 9.46. The Balaban J connectivity index is 2.60. The van der Waals surface area contributed by atoms with E-state index < -0.39 is 0 Å². The summed E-state index contributed by atoms with van der Waals surface area (Å²) in [7, 11) is 0. The summed E-state index contributed by atoms with van der Waals surface area (Å²) in [5, 5.41) is 0. The predicted molar refractivity (Wildman–Crippen MR) is 134 cm³/mol. The number of carbonyl (C=O) groups is 4. The lowest BCUT2D eigenvalue weighted by molar-refractivity contribution is -0.149. The predicted octanol–water partition coefficient (Wildman–Crippen LogP) is 2.14. The van der Waals surface area contributed by atoms with Gasteiger partial charge in [0.05, 0.1) is 51.5 Å². The van der Waals surface area contributed by atoms with Crippen LogP contribution in [0.15, 0.2) is 0 Å². The number of nitrogens with zero attached hydrogens (tertiary/aromatic N) is 2. The maximum absolute atomic E-state index is 13.0. The Labute approximate surface area is 215 Å². The van der Waals surface area contributed by atoms with E-state index in [1.165, 1.54) is 0 Å². The molecule has 0 N–H and O–H groups in total. The number of esters is 2. The van der Waals surface area contributed by atoms with Crippen molar-refractivity contribution in [2.75, 3.05) is 65.8 Å². The van der Waals surface area contributed by atoms with Gasteiger partial charge in [-0.25, -0.2) is 0 Å². The molecule has 4 atom stereocenters. The van der Waals surface area contributed by atoms with Gasteiger partial charge in [0.1, 0.15) is 0 Å². The molecule has 2 amide bonds. The molecule has 1 rings (SSSR count). The molecule has 208 valence electrons. The summed E-state index contributed by atoms with van der Waals surface area (Å²) in [6.45, 7) is 14.3. The standard InChI is InChI=1S/C26H46N2O8/c1-7-35-25(31)21(5)17-19(3)23(29)27-9-13-33-15-11-28(12-16-34-14-10-27)24(30)20(4)18-22(6)26(32)36-8-2/h19-22H,7-18H2,1-6H3/t19-,20+,21+,22-. The Kier molecular flexibility index (Phi) is 15.3. The molecule has 1 aliphatic heterocycles. The van der Waals surface area contributed by atoms with E-state index in [9.17, 15) is 19.2 Å². The lowest BCUT2D eigenvalue weighted by Crippen LogP contribution is -2.43. The van der Waals surface area contributed by atoms with E-state index in [1.54, 1.807) is 37.5 Å². The van der Waals surface area contributed by atoms with Gasteiger partial charge in [0, 0.05) is 38.0 Å². The minimum absolute atomic E-state index is 0.0447. The van der Waals surface area contributed by atoms with E-state index in [-0.39, 0.29) is 47.4 Å². The van der Waals surface area contributed by atoms with Crippen molar-refractivity contribution in [1.29, 1.82) is 0 Å². The van der Waals surface area contributed by atoms with Crippen LogP contribution in [0.2, 0.25) is 0 Å². The first-order valence-corrected chi connectivity index (χ1v) is 13.2. The number of rotatable bonds is 10. The minimum Gasteiger partial charge on any atom is -0.466 e. The van der Waals surface area contributed by atoms with Crippen LogP contribution in [0.25, 0.3) is 0 Å². The molecule has 0 aliphatic carbocycles. The van der Waals surface area contributed by atoms with Crippen LogP contribution in [0.5, 0.6) is 0 Å². The highest BCUT2D eigenvalue weighted by Gasteiger charge is 2.27. The molecule has 0 saturated carbocycles. The number of amides is 2. The molecule has 0 bridgehead atoms. The number of hydrogen-bond donors (Lipinski definition) is 0. The van der Waals surface area contributed by atoms with Gasteiger partial charge in [-0.2, -0.15) is 0 Å². The van der Waals surface area contributed by atoms with E-state index in [4.69, 9.17) is 18.9 Å². The van der Waals surface area contributed by atoms with Crippen molar-refractivity contribution in [1.82, 2.24) is 9.80 Å². The van der Waals surface area contributed by atoms with E-state index in [2.05, 4.69) is 0 Å². The minimum atomic E-state index is -0.352. The first-order valence-electron chi connectivity index (χ1n) is 13.2. The molecule has 1 aliphatic rings. The second kappa shape index (κ2) is 17.3. The van der Waals surface area contributed by atoms with Crippen molar-refractivity contribution in [2.24, 2.45) is 23.7 Å². The molecular weight excluding hydrogens is 468 g/mol. The van der Waals surface area contributed by atoms with E-state index in [1.807, 2.05) is 13.8 Å². The van der Waals surface area contributed by atoms with Crippen molar-refractivity contribution in [3.63, 3.8) is 0 Å². The Morgan fingerprint density at radius 3 is 1.19 bits per heavy atom. The van der Waals surface area contributed by atoms with E-state index >= 15 is 0 Å². The van der Waals surface area contributed by atoms with Crippen molar-refractivity contribution in [3.8, 4) is 0 Å².